The van der Waals surface area contributed by atoms with Gasteiger partial charge in [-0.3, -0.25) is 14.6 Å². The highest BCUT2D eigenvalue weighted by Gasteiger charge is 2.41. The number of benzene rings is 2. The van der Waals surface area contributed by atoms with Crippen LogP contribution >= 0.6 is 0 Å². The number of nitriles is 1. The van der Waals surface area contributed by atoms with Crippen molar-refractivity contribution in [3.05, 3.63) is 63.9 Å². The fourth-order valence-corrected chi connectivity index (χ4v) is 5.34. The van der Waals surface area contributed by atoms with E-state index < -0.39 is 17.7 Å². The molecule has 1 amide bonds. The standard InChI is InChI=1S/C25H25N5O2/c1-14-10-15(2)13-30(12-14)25-28-22-21(24(32)29-25)20(19(11-26)23(31)27-22)18-9-5-7-16-6-3-4-8-17(16)18/h3-9,14-15,19-20H,10,12-13H2,1-2H3,(H2,27,28,29,31,32). The summed E-state index contributed by atoms with van der Waals surface area (Å²) in [6.07, 6.45) is 1.13. The predicted molar refractivity (Wildman–Crippen MR) is 124 cm³/mol. The lowest BCUT2D eigenvalue weighted by Gasteiger charge is -2.36. The molecule has 0 spiro atoms. The number of rotatable bonds is 2. The van der Waals surface area contributed by atoms with Crippen molar-refractivity contribution in [1.29, 1.82) is 5.26 Å². The van der Waals surface area contributed by atoms with Crippen LogP contribution in [0.2, 0.25) is 0 Å². The first-order chi connectivity index (χ1) is 15.5. The molecule has 2 aromatic carbocycles. The Hall–Kier alpha value is -3.66. The molecule has 2 N–H and O–H groups in total. The van der Waals surface area contributed by atoms with Gasteiger partial charge in [-0.05, 0) is 34.6 Å². The lowest BCUT2D eigenvalue weighted by Crippen LogP contribution is -2.43. The van der Waals surface area contributed by atoms with Crippen LogP contribution in [0.15, 0.2) is 47.3 Å². The van der Waals surface area contributed by atoms with Crippen LogP contribution in [0.3, 0.4) is 0 Å². The van der Waals surface area contributed by atoms with E-state index in [1.165, 1.54) is 0 Å². The summed E-state index contributed by atoms with van der Waals surface area (Å²) in [6.45, 7) is 5.98. The zero-order valence-corrected chi connectivity index (χ0v) is 18.1. The summed E-state index contributed by atoms with van der Waals surface area (Å²) < 4.78 is 0. The van der Waals surface area contributed by atoms with Gasteiger partial charge >= 0.3 is 0 Å². The molecule has 5 rings (SSSR count). The van der Waals surface area contributed by atoms with Crippen LogP contribution in [0.5, 0.6) is 0 Å². The normalized spacial score (nSPS) is 25.2. The number of amides is 1. The minimum atomic E-state index is -1.02. The van der Waals surface area contributed by atoms with E-state index in [1.54, 1.807) is 0 Å². The van der Waals surface area contributed by atoms with Gasteiger partial charge in [0, 0.05) is 19.0 Å². The Bertz CT molecular complexity index is 1290. The summed E-state index contributed by atoms with van der Waals surface area (Å²) in [7, 11) is 0. The first-order valence-electron chi connectivity index (χ1n) is 11.0. The van der Waals surface area contributed by atoms with Crippen molar-refractivity contribution in [2.24, 2.45) is 17.8 Å². The second-order valence-corrected chi connectivity index (χ2v) is 9.14. The lowest BCUT2D eigenvalue weighted by molar-refractivity contribution is -0.119. The molecule has 162 valence electrons. The molecule has 7 heteroatoms. The zero-order valence-electron chi connectivity index (χ0n) is 18.1. The van der Waals surface area contributed by atoms with Crippen LogP contribution in [-0.2, 0) is 4.79 Å². The number of carbonyl (C=O) groups excluding carboxylic acids is 1. The summed E-state index contributed by atoms with van der Waals surface area (Å²) in [5.41, 5.74) is 0.814. The molecule has 0 radical (unpaired) electrons. The molecule has 7 nitrogen and oxygen atoms in total. The highest BCUT2D eigenvalue weighted by atomic mass is 16.2. The summed E-state index contributed by atoms with van der Waals surface area (Å²) in [6, 6.07) is 15.7. The van der Waals surface area contributed by atoms with Crippen molar-refractivity contribution in [2.75, 3.05) is 23.3 Å². The van der Waals surface area contributed by atoms with E-state index >= 15 is 0 Å². The van der Waals surface area contributed by atoms with Crippen molar-refractivity contribution < 1.29 is 4.79 Å². The SMILES string of the molecule is CC1CC(C)CN(c2nc3c(c(=O)[nH]2)C(c2cccc4ccccc24)C(C#N)C(=O)N3)C1. The van der Waals surface area contributed by atoms with Crippen molar-refractivity contribution in [1.82, 2.24) is 9.97 Å². The number of aromatic nitrogens is 2. The summed E-state index contributed by atoms with van der Waals surface area (Å²) in [4.78, 5) is 36.0. The van der Waals surface area contributed by atoms with Gasteiger partial charge in [-0.1, -0.05) is 56.3 Å². The van der Waals surface area contributed by atoms with Crippen LogP contribution < -0.4 is 15.8 Å². The summed E-state index contributed by atoms with van der Waals surface area (Å²) in [5, 5.41) is 14.5. The molecular weight excluding hydrogens is 402 g/mol. The second kappa shape index (κ2) is 7.79. The molecule has 3 heterocycles. The van der Waals surface area contributed by atoms with E-state index in [0.717, 1.165) is 35.8 Å². The maximum Gasteiger partial charge on any atom is 0.258 e. The fraction of sp³-hybridized carbons (Fsp3) is 0.360. The maximum absolute atomic E-state index is 13.4. The second-order valence-electron chi connectivity index (χ2n) is 9.14. The van der Waals surface area contributed by atoms with E-state index in [1.807, 2.05) is 42.5 Å². The van der Waals surface area contributed by atoms with Crippen molar-refractivity contribution >= 4 is 28.4 Å². The molecule has 3 aromatic rings. The molecule has 1 aromatic heterocycles. The average molecular weight is 428 g/mol. The molecular formula is C25H25N5O2. The van der Waals surface area contributed by atoms with E-state index in [-0.39, 0.29) is 11.4 Å². The molecule has 0 aliphatic carbocycles. The third kappa shape index (κ3) is 3.32. The van der Waals surface area contributed by atoms with Crippen LogP contribution in [-0.4, -0.2) is 29.0 Å². The number of aromatic amines is 1. The maximum atomic E-state index is 13.4. The van der Waals surface area contributed by atoms with Crippen LogP contribution in [0, 0.1) is 29.1 Å². The molecule has 2 aliphatic rings. The van der Waals surface area contributed by atoms with Gasteiger partial charge in [0.2, 0.25) is 11.9 Å². The predicted octanol–water partition coefficient (Wildman–Crippen LogP) is 3.63. The third-order valence-electron chi connectivity index (χ3n) is 6.58. The Balaban J connectivity index is 1.68. The van der Waals surface area contributed by atoms with Gasteiger partial charge in [0.25, 0.3) is 5.56 Å². The minimum absolute atomic E-state index is 0.254. The Kier molecular flexibility index (Phi) is 4.93. The van der Waals surface area contributed by atoms with Gasteiger partial charge in [-0.15, -0.1) is 0 Å². The number of H-pyrrole nitrogens is 1. The molecule has 4 atom stereocenters. The third-order valence-corrected chi connectivity index (χ3v) is 6.58. The topological polar surface area (TPSA) is 102 Å². The average Bonchev–Trinajstić information content (AvgIpc) is 2.77. The number of anilines is 2. The highest BCUT2D eigenvalue weighted by Crippen LogP contribution is 2.41. The Labute approximate surface area is 186 Å². The number of nitrogens with zero attached hydrogens (tertiary/aromatic N) is 3. The summed E-state index contributed by atoms with van der Waals surface area (Å²) >= 11 is 0. The number of nitrogens with one attached hydrogen (secondary N) is 2. The molecule has 2 aliphatic heterocycles. The van der Waals surface area contributed by atoms with Crippen molar-refractivity contribution in [2.45, 2.75) is 26.2 Å². The van der Waals surface area contributed by atoms with Crippen molar-refractivity contribution in [3.63, 3.8) is 0 Å². The van der Waals surface area contributed by atoms with E-state index in [0.29, 0.717) is 23.3 Å². The zero-order chi connectivity index (χ0) is 22.4. The van der Waals surface area contributed by atoms with Gasteiger partial charge < -0.3 is 10.2 Å². The van der Waals surface area contributed by atoms with Gasteiger partial charge in [-0.2, -0.15) is 10.2 Å². The monoisotopic (exact) mass is 427 g/mol. The smallest absolute Gasteiger partial charge is 0.258 e. The molecule has 32 heavy (non-hydrogen) atoms. The van der Waals surface area contributed by atoms with Gasteiger partial charge in [0.15, 0.2) is 0 Å². The molecule has 0 bridgehead atoms. The number of fused-ring (bicyclic) bond motifs is 2. The Morgan fingerprint density at radius 3 is 2.53 bits per heavy atom. The fourth-order valence-electron chi connectivity index (χ4n) is 5.34. The Morgan fingerprint density at radius 2 is 1.78 bits per heavy atom. The van der Waals surface area contributed by atoms with Crippen LogP contribution in [0.1, 0.15) is 37.3 Å². The van der Waals surface area contributed by atoms with E-state index in [2.05, 4.69) is 40.1 Å². The largest absolute Gasteiger partial charge is 0.342 e. The van der Waals surface area contributed by atoms with E-state index in [9.17, 15) is 14.9 Å². The number of hydrogen-bond acceptors (Lipinski definition) is 5. The summed E-state index contributed by atoms with van der Waals surface area (Å²) in [5.74, 6) is -0.440. The highest BCUT2D eigenvalue weighted by molar-refractivity contribution is 5.99. The van der Waals surface area contributed by atoms with Gasteiger partial charge in [0.1, 0.15) is 11.7 Å². The molecule has 1 fully saturated rings. The Morgan fingerprint density at radius 1 is 1.06 bits per heavy atom. The first kappa shape index (κ1) is 20.3. The van der Waals surface area contributed by atoms with Gasteiger partial charge in [-0.25, -0.2) is 0 Å². The number of carbonyl (C=O) groups is 1. The van der Waals surface area contributed by atoms with Gasteiger partial charge in [0.05, 0.1) is 11.6 Å². The van der Waals surface area contributed by atoms with Crippen molar-refractivity contribution in [3.8, 4) is 6.07 Å². The molecule has 4 unspecified atom stereocenters. The van der Waals surface area contributed by atoms with Crippen LogP contribution in [0.25, 0.3) is 10.8 Å². The lowest BCUT2D eigenvalue weighted by atomic mass is 9.77. The van der Waals surface area contributed by atoms with E-state index in [4.69, 9.17) is 0 Å². The first-order valence-corrected chi connectivity index (χ1v) is 11.0. The molecule has 1 saturated heterocycles. The quantitative estimate of drug-likeness (QED) is 0.650. The molecule has 0 saturated carbocycles. The minimum Gasteiger partial charge on any atom is -0.342 e. The number of piperidine rings is 1. The number of hydrogen-bond donors (Lipinski definition) is 2. The van der Waals surface area contributed by atoms with Crippen LogP contribution in [0.4, 0.5) is 11.8 Å².